The average molecular weight is 384 g/mol. The number of phenols is 1. The van der Waals surface area contributed by atoms with E-state index in [1.165, 1.54) is 29.3 Å². The van der Waals surface area contributed by atoms with Gasteiger partial charge in [0.15, 0.2) is 15.6 Å². The van der Waals surface area contributed by atoms with E-state index in [-0.39, 0.29) is 20.7 Å². The third-order valence-electron chi connectivity index (χ3n) is 3.25. The molecule has 3 rings (SSSR count). The standard InChI is InChI=1S/C15H11Cl2N3O3S/c16-11-7-13(17)15(21)14(8-11)24(22,23)9-10-2-1-3-12(6-10)20-18-4-5-19-20/h1-8,21H,9H2. The van der Waals surface area contributed by atoms with Crippen LogP contribution in [-0.2, 0) is 15.6 Å². The lowest BCUT2D eigenvalue weighted by atomic mass is 10.2. The van der Waals surface area contributed by atoms with Gasteiger partial charge in [0, 0.05) is 5.02 Å². The molecule has 1 N–H and O–H groups in total. The van der Waals surface area contributed by atoms with Crippen LogP contribution in [0.1, 0.15) is 5.56 Å². The molecule has 9 heteroatoms. The van der Waals surface area contributed by atoms with Gasteiger partial charge in [-0.2, -0.15) is 15.0 Å². The van der Waals surface area contributed by atoms with E-state index < -0.39 is 15.6 Å². The fourth-order valence-corrected chi connectivity index (χ4v) is 4.30. The van der Waals surface area contributed by atoms with Crippen LogP contribution in [-0.4, -0.2) is 28.5 Å². The number of hydrogen-bond acceptors (Lipinski definition) is 5. The van der Waals surface area contributed by atoms with Gasteiger partial charge in [0.2, 0.25) is 0 Å². The highest BCUT2D eigenvalue weighted by Crippen LogP contribution is 2.35. The number of aromatic nitrogens is 3. The summed E-state index contributed by atoms with van der Waals surface area (Å²) in [6, 6.07) is 9.23. The predicted molar refractivity (Wildman–Crippen MR) is 90.4 cm³/mol. The van der Waals surface area contributed by atoms with Crippen LogP contribution in [0.25, 0.3) is 5.69 Å². The minimum absolute atomic E-state index is 0.115. The second-order valence-corrected chi connectivity index (χ2v) is 7.78. The van der Waals surface area contributed by atoms with Gasteiger partial charge < -0.3 is 5.11 Å². The van der Waals surface area contributed by atoms with E-state index >= 15 is 0 Å². The molecule has 124 valence electrons. The van der Waals surface area contributed by atoms with E-state index in [1.54, 1.807) is 24.3 Å². The summed E-state index contributed by atoms with van der Waals surface area (Å²) in [7, 11) is -3.84. The van der Waals surface area contributed by atoms with E-state index in [4.69, 9.17) is 23.2 Å². The van der Waals surface area contributed by atoms with Gasteiger partial charge in [-0.05, 0) is 29.8 Å². The molecule has 6 nitrogen and oxygen atoms in total. The van der Waals surface area contributed by atoms with Crippen LogP contribution in [0.3, 0.4) is 0 Å². The lowest BCUT2D eigenvalue weighted by Gasteiger charge is -2.09. The first-order valence-corrected chi connectivity index (χ1v) is 9.14. The first kappa shape index (κ1) is 16.8. The first-order valence-electron chi connectivity index (χ1n) is 6.73. The van der Waals surface area contributed by atoms with Crippen LogP contribution in [0.2, 0.25) is 10.0 Å². The maximum absolute atomic E-state index is 12.6. The Kier molecular flexibility index (Phi) is 4.49. The molecule has 0 bridgehead atoms. The highest BCUT2D eigenvalue weighted by molar-refractivity contribution is 7.90. The molecule has 24 heavy (non-hydrogen) atoms. The molecule has 0 aliphatic heterocycles. The molecule has 0 spiro atoms. The summed E-state index contributed by atoms with van der Waals surface area (Å²) in [6.07, 6.45) is 3.05. The number of aromatic hydroxyl groups is 1. The molecule has 2 aromatic carbocycles. The van der Waals surface area contributed by atoms with E-state index in [9.17, 15) is 13.5 Å². The molecule has 0 amide bonds. The highest BCUT2D eigenvalue weighted by atomic mass is 35.5. The Labute approximate surface area is 148 Å². The Bertz CT molecular complexity index is 989. The van der Waals surface area contributed by atoms with Crippen molar-refractivity contribution in [3.8, 4) is 11.4 Å². The minimum Gasteiger partial charge on any atom is -0.505 e. The molecule has 0 radical (unpaired) electrons. The van der Waals surface area contributed by atoms with E-state index in [1.807, 2.05) is 0 Å². The molecule has 0 atom stereocenters. The average Bonchev–Trinajstić information content (AvgIpc) is 3.05. The molecule has 0 fully saturated rings. The fraction of sp³-hybridized carbons (Fsp3) is 0.0667. The first-order chi connectivity index (χ1) is 11.4. The zero-order valence-corrected chi connectivity index (χ0v) is 14.4. The minimum atomic E-state index is -3.84. The van der Waals surface area contributed by atoms with Gasteiger partial charge >= 0.3 is 0 Å². The SMILES string of the molecule is O=S(=O)(Cc1cccc(-n2nccn2)c1)c1cc(Cl)cc(Cl)c1O. The van der Waals surface area contributed by atoms with Gasteiger partial charge in [-0.3, -0.25) is 0 Å². The number of nitrogens with zero attached hydrogens (tertiary/aromatic N) is 3. The Morgan fingerprint density at radius 3 is 2.50 bits per heavy atom. The second kappa shape index (κ2) is 6.43. The molecule has 3 aromatic rings. The molecule has 0 aliphatic rings. The van der Waals surface area contributed by atoms with Gasteiger partial charge in [0.05, 0.1) is 28.9 Å². The van der Waals surface area contributed by atoms with Gasteiger partial charge in [0.1, 0.15) is 4.90 Å². The van der Waals surface area contributed by atoms with Crippen LogP contribution in [0.15, 0.2) is 53.7 Å². The van der Waals surface area contributed by atoms with E-state index in [0.717, 1.165) is 0 Å². The van der Waals surface area contributed by atoms with Crippen molar-refractivity contribution in [2.24, 2.45) is 0 Å². The summed E-state index contributed by atoms with van der Waals surface area (Å²) in [5.74, 6) is -0.835. The van der Waals surface area contributed by atoms with Crippen molar-refractivity contribution < 1.29 is 13.5 Å². The van der Waals surface area contributed by atoms with Gasteiger partial charge in [-0.1, -0.05) is 35.3 Å². The smallest absolute Gasteiger partial charge is 0.186 e. The van der Waals surface area contributed by atoms with Crippen molar-refractivity contribution in [2.75, 3.05) is 0 Å². The Hall–Kier alpha value is -2.09. The Morgan fingerprint density at radius 1 is 1.08 bits per heavy atom. The second-order valence-electron chi connectivity index (χ2n) is 4.98. The van der Waals surface area contributed by atoms with Crippen molar-refractivity contribution in [3.05, 3.63) is 64.4 Å². The van der Waals surface area contributed by atoms with Crippen molar-refractivity contribution in [1.29, 1.82) is 0 Å². The number of hydrogen-bond donors (Lipinski definition) is 1. The normalized spacial score (nSPS) is 11.6. The lowest BCUT2D eigenvalue weighted by molar-refractivity contribution is 0.459. The largest absolute Gasteiger partial charge is 0.505 e. The number of sulfone groups is 1. The summed E-state index contributed by atoms with van der Waals surface area (Å²) < 4.78 is 25.2. The quantitative estimate of drug-likeness (QED) is 0.747. The molecule has 1 aromatic heterocycles. The van der Waals surface area contributed by atoms with Gasteiger partial charge in [-0.25, -0.2) is 8.42 Å². The molecule has 0 saturated heterocycles. The van der Waals surface area contributed by atoms with Crippen LogP contribution in [0, 0.1) is 0 Å². The number of benzene rings is 2. The Morgan fingerprint density at radius 2 is 1.79 bits per heavy atom. The third kappa shape index (κ3) is 3.38. The summed E-state index contributed by atoms with van der Waals surface area (Å²) >= 11 is 11.6. The van der Waals surface area contributed by atoms with Crippen LogP contribution >= 0.6 is 23.2 Å². The maximum Gasteiger partial charge on any atom is 0.186 e. The molecular weight excluding hydrogens is 373 g/mol. The third-order valence-corrected chi connectivity index (χ3v) is 5.45. The topological polar surface area (TPSA) is 85.1 Å². The summed E-state index contributed by atoms with van der Waals surface area (Å²) in [6.45, 7) is 0. The van der Waals surface area contributed by atoms with Crippen LogP contribution < -0.4 is 0 Å². The molecule has 1 heterocycles. The molecule has 0 saturated carbocycles. The zero-order chi connectivity index (χ0) is 17.3. The van der Waals surface area contributed by atoms with E-state index in [2.05, 4.69) is 10.2 Å². The molecular formula is C15H11Cl2N3O3S. The number of phenolic OH excluding ortho intramolecular Hbond substituents is 1. The van der Waals surface area contributed by atoms with Crippen LogP contribution in [0.5, 0.6) is 5.75 Å². The molecule has 0 unspecified atom stereocenters. The summed E-state index contributed by atoms with van der Waals surface area (Å²) in [5.41, 5.74) is 1.14. The molecule has 0 aliphatic carbocycles. The number of rotatable bonds is 4. The summed E-state index contributed by atoms with van der Waals surface area (Å²) in [4.78, 5) is 1.08. The Balaban J connectivity index is 1.98. The monoisotopic (exact) mass is 383 g/mol. The maximum atomic E-state index is 12.6. The van der Waals surface area contributed by atoms with Gasteiger partial charge in [-0.15, -0.1) is 0 Å². The predicted octanol–water partition coefficient (Wildman–Crippen LogP) is 3.25. The van der Waals surface area contributed by atoms with Crippen molar-refractivity contribution >= 4 is 33.0 Å². The van der Waals surface area contributed by atoms with Crippen molar-refractivity contribution in [2.45, 2.75) is 10.6 Å². The van der Waals surface area contributed by atoms with Crippen LogP contribution in [0.4, 0.5) is 0 Å². The van der Waals surface area contributed by atoms with Crippen molar-refractivity contribution in [1.82, 2.24) is 15.0 Å². The lowest BCUT2D eigenvalue weighted by Crippen LogP contribution is -2.07. The zero-order valence-electron chi connectivity index (χ0n) is 12.1. The van der Waals surface area contributed by atoms with Gasteiger partial charge in [0.25, 0.3) is 0 Å². The van der Waals surface area contributed by atoms with E-state index in [0.29, 0.717) is 11.3 Å². The number of halogens is 2. The highest BCUT2D eigenvalue weighted by Gasteiger charge is 2.22. The fourth-order valence-electron chi connectivity index (χ4n) is 2.20. The van der Waals surface area contributed by atoms with Crippen molar-refractivity contribution in [3.63, 3.8) is 0 Å². The summed E-state index contributed by atoms with van der Waals surface area (Å²) in [5, 5.41) is 18.0.